The summed E-state index contributed by atoms with van der Waals surface area (Å²) in [5, 5.41) is 0. The lowest BCUT2D eigenvalue weighted by Gasteiger charge is -2.28. The zero-order chi connectivity index (χ0) is 22.9. The number of hydrogen-bond donors (Lipinski definition) is 0. The van der Waals surface area contributed by atoms with E-state index in [0.29, 0.717) is 12.3 Å². The van der Waals surface area contributed by atoms with Crippen molar-refractivity contribution in [2.24, 2.45) is 5.92 Å². The molecule has 32 heavy (non-hydrogen) atoms. The molecule has 0 bridgehead atoms. The van der Waals surface area contributed by atoms with Crippen LogP contribution in [-0.2, 0) is 16.0 Å². The molecule has 174 valence electrons. The summed E-state index contributed by atoms with van der Waals surface area (Å²) in [7, 11) is 1.46. The van der Waals surface area contributed by atoms with Gasteiger partial charge in [-0.1, -0.05) is 50.1 Å². The number of hydrogen-bond acceptors (Lipinski definition) is 3. The fourth-order valence-corrected chi connectivity index (χ4v) is 4.36. The first-order valence-electron chi connectivity index (χ1n) is 11.8. The highest BCUT2D eigenvalue weighted by Crippen LogP contribution is 2.31. The number of methoxy groups -OCH3 is 1. The van der Waals surface area contributed by atoms with Gasteiger partial charge in [-0.05, 0) is 79.7 Å². The van der Waals surface area contributed by atoms with E-state index in [-0.39, 0.29) is 24.1 Å². The molecule has 0 unspecified atom stereocenters. The Morgan fingerprint density at radius 1 is 1.06 bits per heavy atom. The van der Waals surface area contributed by atoms with Crippen LogP contribution in [0, 0.1) is 11.7 Å². The lowest BCUT2D eigenvalue weighted by molar-refractivity contribution is -0.157. The first-order chi connectivity index (χ1) is 15.5. The fraction of sp³-hybridized carbons (Fsp3) is 0.519. The average molecular weight is 445 g/mol. The van der Waals surface area contributed by atoms with Crippen LogP contribution >= 0.6 is 0 Å². The maximum Gasteiger partial charge on any atom is 0.340 e. The summed E-state index contributed by atoms with van der Waals surface area (Å²) in [4.78, 5) is 11.9. The molecule has 3 nitrogen and oxygen atoms in total. The molecular formula is C27H34F2O3. The normalized spacial score (nSPS) is 19.4. The minimum absolute atomic E-state index is 0.136. The number of alkyl halides is 1. The molecule has 0 heterocycles. The van der Waals surface area contributed by atoms with Gasteiger partial charge in [-0.15, -0.1) is 0 Å². The van der Waals surface area contributed by atoms with Crippen LogP contribution in [0.2, 0.25) is 0 Å². The zero-order valence-electron chi connectivity index (χ0n) is 19.1. The molecule has 0 aliphatic heterocycles. The third-order valence-corrected chi connectivity index (χ3v) is 6.42. The number of esters is 1. The lowest BCUT2D eigenvalue weighted by Crippen LogP contribution is -2.29. The first-order valence-corrected chi connectivity index (χ1v) is 11.8. The number of unbranched alkanes of at least 4 members (excludes halogenated alkanes) is 1. The molecule has 3 rings (SSSR count). The van der Waals surface area contributed by atoms with Crippen LogP contribution in [0.5, 0.6) is 5.75 Å². The topological polar surface area (TPSA) is 35.5 Å². The van der Waals surface area contributed by atoms with Crippen LogP contribution < -0.4 is 4.74 Å². The van der Waals surface area contributed by atoms with Crippen LogP contribution in [0.15, 0.2) is 42.5 Å². The number of halogens is 2. The molecule has 1 saturated carbocycles. The third-order valence-electron chi connectivity index (χ3n) is 6.42. The molecule has 5 heteroatoms. The Morgan fingerprint density at radius 3 is 2.38 bits per heavy atom. The van der Waals surface area contributed by atoms with E-state index < -0.39 is 12.1 Å². The number of aryl methyl sites for hydroxylation is 1. The van der Waals surface area contributed by atoms with Crippen LogP contribution in [0.25, 0.3) is 11.1 Å². The summed E-state index contributed by atoms with van der Waals surface area (Å²) in [5.41, 5.74) is 3.06. The van der Waals surface area contributed by atoms with Gasteiger partial charge in [0, 0.05) is 0 Å². The maximum absolute atomic E-state index is 14.0. The van der Waals surface area contributed by atoms with Crippen LogP contribution in [0.3, 0.4) is 0 Å². The van der Waals surface area contributed by atoms with Gasteiger partial charge >= 0.3 is 5.97 Å². The number of benzene rings is 2. The third kappa shape index (κ3) is 6.78. The predicted molar refractivity (Wildman–Crippen MR) is 123 cm³/mol. The average Bonchev–Trinajstić information content (AvgIpc) is 2.82. The zero-order valence-corrected chi connectivity index (χ0v) is 19.1. The second-order valence-corrected chi connectivity index (χ2v) is 8.77. The van der Waals surface area contributed by atoms with Crippen molar-refractivity contribution in [3.05, 3.63) is 53.8 Å². The molecular weight excluding hydrogens is 410 g/mol. The molecule has 1 aliphatic rings. The molecule has 2 aromatic rings. The molecule has 0 aromatic heterocycles. The summed E-state index contributed by atoms with van der Waals surface area (Å²) >= 11 is 0. The Hall–Kier alpha value is -2.43. The molecule has 2 aromatic carbocycles. The van der Waals surface area contributed by atoms with Crippen molar-refractivity contribution in [3.8, 4) is 16.9 Å². The number of ether oxygens (including phenoxy) is 2. The highest BCUT2D eigenvalue weighted by Gasteiger charge is 2.27. The van der Waals surface area contributed by atoms with Gasteiger partial charge in [-0.3, -0.25) is 0 Å². The lowest BCUT2D eigenvalue weighted by atomic mass is 9.83. The Kier molecular flexibility index (Phi) is 9.07. The Balaban J connectivity index is 1.42. The maximum atomic E-state index is 14.0. The molecule has 1 aliphatic carbocycles. The van der Waals surface area contributed by atoms with Crippen molar-refractivity contribution >= 4 is 5.97 Å². The highest BCUT2D eigenvalue weighted by atomic mass is 19.1. The van der Waals surface area contributed by atoms with E-state index in [1.54, 1.807) is 6.07 Å². The van der Waals surface area contributed by atoms with E-state index in [1.807, 2.05) is 25.1 Å². The molecule has 0 radical (unpaired) electrons. The van der Waals surface area contributed by atoms with Gasteiger partial charge in [0.15, 0.2) is 17.7 Å². The molecule has 0 spiro atoms. The van der Waals surface area contributed by atoms with Crippen molar-refractivity contribution in [2.45, 2.75) is 77.0 Å². The van der Waals surface area contributed by atoms with Crippen LogP contribution in [0.1, 0.15) is 63.9 Å². The second-order valence-electron chi connectivity index (χ2n) is 8.77. The van der Waals surface area contributed by atoms with Crippen molar-refractivity contribution in [3.63, 3.8) is 0 Å². The van der Waals surface area contributed by atoms with Crippen molar-refractivity contribution in [1.29, 1.82) is 0 Å². The van der Waals surface area contributed by atoms with E-state index in [2.05, 4.69) is 12.1 Å². The van der Waals surface area contributed by atoms with Crippen LogP contribution in [0.4, 0.5) is 8.78 Å². The summed E-state index contributed by atoms with van der Waals surface area (Å²) in [6.07, 6.45) is 5.94. The number of carbonyl (C=O) groups excluding carboxylic acids is 1. The molecule has 0 saturated heterocycles. The quantitative estimate of drug-likeness (QED) is 0.368. The number of carbonyl (C=O) groups is 1. The van der Waals surface area contributed by atoms with E-state index >= 15 is 0 Å². The van der Waals surface area contributed by atoms with Gasteiger partial charge in [0.25, 0.3) is 0 Å². The van der Waals surface area contributed by atoms with Crippen molar-refractivity contribution in [1.82, 2.24) is 0 Å². The van der Waals surface area contributed by atoms with Gasteiger partial charge in [-0.25, -0.2) is 13.6 Å². The smallest absolute Gasteiger partial charge is 0.340 e. The van der Waals surface area contributed by atoms with Crippen LogP contribution in [-0.4, -0.2) is 25.4 Å². The van der Waals surface area contributed by atoms with Gasteiger partial charge in [0.2, 0.25) is 0 Å². The minimum atomic E-state index is -1.48. The molecule has 0 amide bonds. The standard InChI is InChI=1S/C27H34F2O3/c1-3-4-5-24(28)27(30)32-23-15-10-20(11-16-23)7-6-19-8-12-21(13-9-19)22-14-17-26(31-2)25(29)18-22/h8-9,12-14,17-18,20,23-24H,3-7,10-11,15-16H2,1-2H3/t20?,23?,24-/m0/s1. The highest BCUT2D eigenvalue weighted by molar-refractivity contribution is 5.74. The Labute approximate surface area is 190 Å². The molecule has 1 atom stereocenters. The summed E-state index contributed by atoms with van der Waals surface area (Å²) in [6, 6.07) is 13.2. The van der Waals surface area contributed by atoms with E-state index in [4.69, 9.17) is 9.47 Å². The molecule has 0 N–H and O–H groups in total. The summed E-state index contributed by atoms with van der Waals surface area (Å²) in [6.45, 7) is 1.98. The second kappa shape index (κ2) is 12.0. The van der Waals surface area contributed by atoms with E-state index in [0.717, 1.165) is 56.1 Å². The number of rotatable bonds is 10. The van der Waals surface area contributed by atoms with Gasteiger partial charge in [0.05, 0.1) is 7.11 Å². The van der Waals surface area contributed by atoms with E-state index in [1.165, 1.54) is 18.7 Å². The summed E-state index contributed by atoms with van der Waals surface area (Å²) in [5.74, 6) is -0.200. The van der Waals surface area contributed by atoms with Gasteiger partial charge in [0.1, 0.15) is 6.10 Å². The van der Waals surface area contributed by atoms with Gasteiger partial charge < -0.3 is 9.47 Å². The van der Waals surface area contributed by atoms with E-state index in [9.17, 15) is 13.6 Å². The van der Waals surface area contributed by atoms with Crippen molar-refractivity contribution < 1.29 is 23.0 Å². The Bertz CT molecular complexity index is 858. The van der Waals surface area contributed by atoms with Crippen molar-refractivity contribution in [2.75, 3.05) is 7.11 Å². The predicted octanol–water partition coefficient (Wildman–Crippen LogP) is 7.06. The minimum Gasteiger partial charge on any atom is -0.494 e. The SMILES string of the molecule is CCCC[C@H](F)C(=O)OC1CCC(CCc2ccc(-c3ccc(OC)c(F)c3)cc2)CC1. The molecule has 1 fully saturated rings. The monoisotopic (exact) mass is 444 g/mol. The first kappa shape index (κ1) is 24.2. The Morgan fingerprint density at radius 2 is 1.75 bits per heavy atom. The summed E-state index contributed by atoms with van der Waals surface area (Å²) < 4.78 is 38.1. The van der Waals surface area contributed by atoms with Gasteiger partial charge in [-0.2, -0.15) is 0 Å². The fourth-order valence-electron chi connectivity index (χ4n) is 4.36. The largest absolute Gasteiger partial charge is 0.494 e.